The maximum Gasteiger partial charge on any atom is 0.243 e. The van der Waals surface area contributed by atoms with E-state index in [0.29, 0.717) is 6.04 Å². The molecule has 3 unspecified atom stereocenters. The van der Waals surface area contributed by atoms with Gasteiger partial charge in [0.15, 0.2) is 5.96 Å². The van der Waals surface area contributed by atoms with Crippen LogP contribution in [0.5, 0.6) is 0 Å². The van der Waals surface area contributed by atoms with Gasteiger partial charge in [0.05, 0.1) is 6.20 Å². The molecule has 0 radical (unpaired) electrons. The monoisotopic (exact) mass is 347 g/mol. The van der Waals surface area contributed by atoms with E-state index >= 15 is 0 Å². The van der Waals surface area contributed by atoms with Gasteiger partial charge in [0.1, 0.15) is 6.54 Å². The van der Waals surface area contributed by atoms with Crippen LogP contribution in [-0.2, 0) is 11.3 Å². The van der Waals surface area contributed by atoms with Gasteiger partial charge in [0, 0.05) is 39.4 Å². The van der Waals surface area contributed by atoms with Crippen molar-refractivity contribution in [3.8, 4) is 0 Å². The van der Waals surface area contributed by atoms with Crippen molar-refractivity contribution >= 4 is 11.9 Å². The van der Waals surface area contributed by atoms with Crippen LogP contribution in [0.1, 0.15) is 32.1 Å². The fourth-order valence-corrected chi connectivity index (χ4v) is 3.84. The zero-order chi connectivity index (χ0) is 17.6. The number of aliphatic imine (C=N–C) groups is 1. The molecule has 2 aliphatic carbocycles. The van der Waals surface area contributed by atoms with E-state index in [1.165, 1.54) is 25.7 Å². The lowest BCUT2D eigenvalue weighted by atomic mass is 9.95. The third-order valence-corrected chi connectivity index (χ3v) is 5.26. The largest absolute Gasteiger partial charge is 0.356 e. The van der Waals surface area contributed by atoms with Crippen LogP contribution in [0.4, 0.5) is 0 Å². The van der Waals surface area contributed by atoms with E-state index in [4.69, 9.17) is 0 Å². The number of rotatable bonds is 7. The Morgan fingerprint density at radius 2 is 2.24 bits per heavy atom. The van der Waals surface area contributed by atoms with Crippen LogP contribution in [0, 0.1) is 11.8 Å². The van der Waals surface area contributed by atoms with Gasteiger partial charge in [-0.05, 0) is 37.5 Å². The second kappa shape index (κ2) is 8.31. The van der Waals surface area contributed by atoms with Crippen LogP contribution >= 0.6 is 0 Å². The summed E-state index contributed by atoms with van der Waals surface area (Å²) in [4.78, 5) is 17.9. The predicted octanol–water partition coefficient (Wildman–Crippen LogP) is 0.480. The van der Waals surface area contributed by atoms with E-state index in [0.717, 1.165) is 37.3 Å². The lowest BCUT2D eigenvalue weighted by Gasteiger charge is -2.25. The fourth-order valence-electron chi connectivity index (χ4n) is 3.84. The maximum absolute atomic E-state index is 11.8. The highest BCUT2D eigenvalue weighted by atomic mass is 16.2. The fraction of sp³-hybridized carbons (Fsp3) is 0.765. The Hall–Kier alpha value is -2.12. The molecule has 2 aliphatic rings. The van der Waals surface area contributed by atoms with Crippen molar-refractivity contribution in [2.24, 2.45) is 16.8 Å². The first-order valence-electron chi connectivity index (χ1n) is 9.21. The summed E-state index contributed by atoms with van der Waals surface area (Å²) in [7, 11) is 3.51. The van der Waals surface area contributed by atoms with Gasteiger partial charge < -0.3 is 15.5 Å². The molecule has 0 spiro atoms. The smallest absolute Gasteiger partial charge is 0.243 e. The normalized spacial score (nSPS) is 25.2. The molecule has 2 fully saturated rings. The molecule has 0 saturated heterocycles. The van der Waals surface area contributed by atoms with Crippen LogP contribution in [0.25, 0.3) is 0 Å². The van der Waals surface area contributed by atoms with Crippen molar-refractivity contribution in [3.05, 3.63) is 12.4 Å². The lowest BCUT2D eigenvalue weighted by molar-refractivity contribution is -0.127. The Bertz CT molecular complexity index is 584. The van der Waals surface area contributed by atoms with Crippen molar-refractivity contribution in [1.29, 1.82) is 0 Å². The average Bonchev–Trinajstić information content (AvgIpc) is 3.33. The number of carbonyl (C=O) groups excluding carboxylic acids is 1. The number of carbonyl (C=O) groups is 1. The molecule has 2 saturated carbocycles. The molecule has 3 atom stereocenters. The number of aryl methyl sites for hydroxylation is 1. The molecule has 0 aromatic carbocycles. The van der Waals surface area contributed by atoms with Crippen LogP contribution < -0.4 is 10.6 Å². The van der Waals surface area contributed by atoms with E-state index in [-0.39, 0.29) is 12.5 Å². The second-order valence-electron chi connectivity index (χ2n) is 7.33. The van der Waals surface area contributed by atoms with E-state index in [9.17, 15) is 4.79 Å². The molecule has 25 heavy (non-hydrogen) atoms. The van der Waals surface area contributed by atoms with Crippen molar-refractivity contribution in [3.63, 3.8) is 0 Å². The van der Waals surface area contributed by atoms with Crippen LogP contribution in [0.2, 0.25) is 0 Å². The second-order valence-corrected chi connectivity index (χ2v) is 7.33. The van der Waals surface area contributed by atoms with E-state index in [1.807, 2.05) is 10.9 Å². The number of nitrogens with one attached hydrogen (secondary N) is 2. The molecule has 0 aliphatic heterocycles. The van der Waals surface area contributed by atoms with Gasteiger partial charge in [0.2, 0.25) is 5.91 Å². The van der Waals surface area contributed by atoms with Crippen LogP contribution in [0.3, 0.4) is 0 Å². The van der Waals surface area contributed by atoms with E-state index < -0.39 is 0 Å². The van der Waals surface area contributed by atoms with Gasteiger partial charge in [-0.25, -0.2) is 4.99 Å². The zero-order valence-electron chi connectivity index (χ0n) is 15.2. The summed E-state index contributed by atoms with van der Waals surface area (Å²) >= 11 is 0. The van der Waals surface area contributed by atoms with Crippen LogP contribution in [0.15, 0.2) is 17.4 Å². The Kier molecular flexibility index (Phi) is 5.88. The van der Waals surface area contributed by atoms with E-state index in [2.05, 4.69) is 25.9 Å². The highest BCUT2D eigenvalue weighted by Crippen LogP contribution is 2.44. The van der Waals surface area contributed by atoms with Gasteiger partial charge in [0.25, 0.3) is 0 Å². The number of guanidine groups is 1. The Balaban J connectivity index is 1.50. The quantitative estimate of drug-likeness (QED) is 0.426. The van der Waals surface area contributed by atoms with Gasteiger partial charge >= 0.3 is 0 Å². The molecule has 1 amide bonds. The minimum Gasteiger partial charge on any atom is -0.356 e. The molecule has 8 heteroatoms. The number of amides is 1. The molecule has 1 heterocycles. The predicted molar refractivity (Wildman–Crippen MR) is 96.0 cm³/mol. The van der Waals surface area contributed by atoms with Gasteiger partial charge in [-0.1, -0.05) is 11.6 Å². The summed E-state index contributed by atoms with van der Waals surface area (Å²) in [5, 5.41) is 14.7. The Labute approximate surface area is 149 Å². The summed E-state index contributed by atoms with van der Waals surface area (Å²) in [5.41, 5.74) is 0. The number of hydrogen-bond acceptors (Lipinski definition) is 4. The highest BCUT2D eigenvalue weighted by molar-refractivity contribution is 5.85. The standard InChI is InChI=1S/C17H29N7O/c1-23(2)16(25)12-19-17(18-6-3-8-24-9-7-20-22-24)21-15-11-13-4-5-14(15)10-13/h7,9,13-15H,3-6,8,10-12H2,1-2H3,(H2,18,19,21). The van der Waals surface area contributed by atoms with Gasteiger partial charge in [-0.3, -0.25) is 9.48 Å². The third kappa shape index (κ3) is 4.93. The SMILES string of the molecule is CN(C)C(=O)CN=C(NCCCn1ccnn1)NC1CC2CCC1C2. The molecule has 1 aromatic rings. The number of nitrogens with zero attached hydrogens (tertiary/aromatic N) is 5. The number of likely N-dealkylation sites (N-methyl/N-ethyl adjacent to an activating group) is 1. The minimum atomic E-state index is 0.0108. The summed E-state index contributed by atoms with van der Waals surface area (Å²) in [5.74, 6) is 2.40. The molecule has 2 N–H and O–H groups in total. The number of fused-ring (bicyclic) bond motifs is 2. The highest BCUT2D eigenvalue weighted by Gasteiger charge is 2.39. The Morgan fingerprint density at radius 3 is 2.88 bits per heavy atom. The Morgan fingerprint density at radius 1 is 1.36 bits per heavy atom. The third-order valence-electron chi connectivity index (χ3n) is 5.26. The first kappa shape index (κ1) is 17.7. The molecular formula is C17H29N7O. The summed E-state index contributed by atoms with van der Waals surface area (Å²) < 4.78 is 1.82. The topological polar surface area (TPSA) is 87.4 Å². The summed E-state index contributed by atoms with van der Waals surface area (Å²) in [6.07, 6.45) is 9.72. The zero-order valence-corrected chi connectivity index (χ0v) is 15.2. The first-order chi connectivity index (χ1) is 12.1. The number of hydrogen-bond donors (Lipinski definition) is 2. The maximum atomic E-state index is 11.8. The molecule has 1 aromatic heterocycles. The summed E-state index contributed by atoms with van der Waals surface area (Å²) in [6, 6.07) is 0.495. The lowest BCUT2D eigenvalue weighted by Crippen LogP contribution is -2.46. The number of aromatic nitrogens is 3. The molecule has 8 nitrogen and oxygen atoms in total. The molecular weight excluding hydrogens is 318 g/mol. The van der Waals surface area contributed by atoms with Crippen molar-refractivity contribution < 1.29 is 4.79 Å². The minimum absolute atomic E-state index is 0.0108. The summed E-state index contributed by atoms with van der Waals surface area (Å²) in [6.45, 7) is 1.76. The van der Waals surface area contributed by atoms with Crippen LogP contribution in [-0.4, -0.2) is 65.0 Å². The van der Waals surface area contributed by atoms with Gasteiger partial charge in [-0.2, -0.15) is 0 Å². The molecule has 2 bridgehead atoms. The van der Waals surface area contributed by atoms with Crippen molar-refractivity contribution in [2.75, 3.05) is 27.2 Å². The molecule has 138 valence electrons. The van der Waals surface area contributed by atoms with E-state index in [1.54, 1.807) is 25.2 Å². The van der Waals surface area contributed by atoms with Crippen molar-refractivity contribution in [1.82, 2.24) is 30.5 Å². The van der Waals surface area contributed by atoms with Crippen molar-refractivity contribution in [2.45, 2.75) is 44.7 Å². The van der Waals surface area contributed by atoms with Gasteiger partial charge in [-0.15, -0.1) is 5.10 Å². The molecule has 3 rings (SSSR count). The first-order valence-corrected chi connectivity index (χ1v) is 9.21. The average molecular weight is 347 g/mol.